The number of fused-ring (bicyclic) bond motifs is 1. The quantitative estimate of drug-likeness (QED) is 0.803. The Morgan fingerprint density at radius 2 is 2.00 bits per heavy atom. The Morgan fingerprint density at radius 3 is 2.72 bits per heavy atom. The van der Waals surface area contributed by atoms with Crippen molar-refractivity contribution in [2.24, 2.45) is 0 Å². The van der Waals surface area contributed by atoms with Gasteiger partial charge < -0.3 is 14.7 Å². The fraction of sp³-hybridized carbons (Fsp3) is 0.438. The summed E-state index contributed by atoms with van der Waals surface area (Å²) in [6.07, 6.45) is 1.13. The fourth-order valence-electron chi connectivity index (χ4n) is 2.91. The fourth-order valence-corrected chi connectivity index (χ4v) is 2.91. The molecule has 9 heteroatoms. The van der Waals surface area contributed by atoms with Crippen LogP contribution >= 0.6 is 0 Å². The smallest absolute Gasteiger partial charge is 0.323 e. The number of carboxylic acids is 1. The van der Waals surface area contributed by atoms with Crippen molar-refractivity contribution in [1.29, 1.82) is 0 Å². The van der Waals surface area contributed by atoms with Crippen LogP contribution in [0.5, 0.6) is 0 Å². The standard InChI is InChI=1S/C16H18N4O5/c21-14(19(10-15(22)23)11-5-7-25-8-6-11)9-20-16(24)12-3-1-2-4-13(12)17-18-20/h1-4,11H,5-10H2,(H,22,23). The summed E-state index contributed by atoms with van der Waals surface area (Å²) in [5.74, 6) is -1.57. The molecule has 0 radical (unpaired) electrons. The molecule has 1 fully saturated rings. The second-order valence-electron chi connectivity index (χ2n) is 5.83. The second kappa shape index (κ2) is 7.39. The summed E-state index contributed by atoms with van der Waals surface area (Å²) in [5.41, 5.74) is 0.0178. The maximum Gasteiger partial charge on any atom is 0.323 e. The van der Waals surface area contributed by atoms with Gasteiger partial charge in [0.15, 0.2) is 0 Å². The van der Waals surface area contributed by atoms with Crippen molar-refractivity contribution in [2.75, 3.05) is 19.8 Å². The first kappa shape index (κ1) is 17.0. The molecule has 1 aliphatic heterocycles. The van der Waals surface area contributed by atoms with Gasteiger partial charge >= 0.3 is 5.97 Å². The predicted octanol–water partition coefficient (Wildman–Crippen LogP) is -0.116. The highest BCUT2D eigenvalue weighted by Gasteiger charge is 2.28. The number of rotatable bonds is 5. The van der Waals surface area contributed by atoms with Gasteiger partial charge in [-0.3, -0.25) is 14.4 Å². The van der Waals surface area contributed by atoms with Gasteiger partial charge in [-0.1, -0.05) is 17.3 Å². The van der Waals surface area contributed by atoms with E-state index in [-0.39, 0.29) is 12.6 Å². The molecule has 132 valence electrons. The minimum absolute atomic E-state index is 0.221. The van der Waals surface area contributed by atoms with Gasteiger partial charge in [0.05, 0.1) is 5.39 Å². The number of benzene rings is 1. The molecule has 1 saturated heterocycles. The number of carboxylic acid groups (broad SMARTS) is 1. The predicted molar refractivity (Wildman–Crippen MR) is 87.0 cm³/mol. The molecule has 0 unspecified atom stereocenters. The van der Waals surface area contributed by atoms with Crippen LogP contribution in [0.3, 0.4) is 0 Å². The summed E-state index contributed by atoms with van der Waals surface area (Å²) >= 11 is 0. The van der Waals surface area contributed by atoms with Crippen molar-refractivity contribution in [3.63, 3.8) is 0 Å². The summed E-state index contributed by atoms with van der Waals surface area (Å²) in [7, 11) is 0. The molecule has 25 heavy (non-hydrogen) atoms. The number of nitrogens with zero attached hydrogens (tertiary/aromatic N) is 4. The maximum atomic E-state index is 12.6. The second-order valence-corrected chi connectivity index (χ2v) is 5.83. The third kappa shape index (κ3) is 3.82. The maximum absolute atomic E-state index is 12.6. The molecule has 1 aliphatic rings. The average molecular weight is 346 g/mol. The minimum Gasteiger partial charge on any atom is -0.480 e. The molecule has 1 aromatic carbocycles. The van der Waals surface area contributed by atoms with Gasteiger partial charge in [0, 0.05) is 19.3 Å². The molecule has 0 bridgehead atoms. The lowest BCUT2D eigenvalue weighted by molar-refractivity contribution is -0.148. The molecule has 2 aromatic rings. The molecule has 1 N–H and O–H groups in total. The molecule has 2 heterocycles. The van der Waals surface area contributed by atoms with Crippen LogP contribution in [-0.2, 0) is 20.9 Å². The lowest BCUT2D eigenvalue weighted by Gasteiger charge is -2.33. The number of hydrogen-bond donors (Lipinski definition) is 1. The molecule has 1 aromatic heterocycles. The molecule has 0 spiro atoms. The highest BCUT2D eigenvalue weighted by atomic mass is 16.5. The topological polar surface area (TPSA) is 115 Å². The third-order valence-corrected chi connectivity index (χ3v) is 4.17. The van der Waals surface area contributed by atoms with Gasteiger partial charge in [0.2, 0.25) is 5.91 Å². The van der Waals surface area contributed by atoms with Crippen LogP contribution in [0.4, 0.5) is 0 Å². The Balaban J connectivity index is 1.84. The summed E-state index contributed by atoms with van der Waals surface area (Å²) < 4.78 is 6.23. The van der Waals surface area contributed by atoms with E-state index in [0.29, 0.717) is 37.0 Å². The van der Waals surface area contributed by atoms with Gasteiger partial charge in [0.1, 0.15) is 18.6 Å². The van der Waals surface area contributed by atoms with Crippen LogP contribution in [0.15, 0.2) is 29.1 Å². The van der Waals surface area contributed by atoms with E-state index < -0.39 is 24.0 Å². The van der Waals surface area contributed by atoms with Crippen molar-refractivity contribution in [3.05, 3.63) is 34.6 Å². The highest BCUT2D eigenvalue weighted by Crippen LogP contribution is 2.15. The first-order valence-electron chi connectivity index (χ1n) is 7.98. The first-order chi connectivity index (χ1) is 12.1. The van der Waals surface area contributed by atoms with Crippen LogP contribution in [0.2, 0.25) is 0 Å². The van der Waals surface area contributed by atoms with Gasteiger partial charge in [-0.25, -0.2) is 4.68 Å². The molecule has 1 amide bonds. The number of aromatic nitrogens is 3. The van der Waals surface area contributed by atoms with Crippen LogP contribution in [0, 0.1) is 0 Å². The van der Waals surface area contributed by atoms with E-state index in [1.54, 1.807) is 24.3 Å². The zero-order valence-corrected chi connectivity index (χ0v) is 13.5. The van der Waals surface area contributed by atoms with Gasteiger partial charge in [-0.15, -0.1) is 5.10 Å². The van der Waals surface area contributed by atoms with Crippen molar-refractivity contribution < 1.29 is 19.4 Å². The van der Waals surface area contributed by atoms with Crippen LogP contribution in [0.25, 0.3) is 10.9 Å². The number of carbonyl (C=O) groups is 2. The first-order valence-corrected chi connectivity index (χ1v) is 7.98. The molecular weight excluding hydrogens is 328 g/mol. The average Bonchev–Trinajstić information content (AvgIpc) is 2.63. The minimum atomic E-state index is -1.10. The summed E-state index contributed by atoms with van der Waals surface area (Å²) in [6, 6.07) is 6.50. The SMILES string of the molecule is O=C(O)CN(C(=O)Cn1nnc2ccccc2c1=O)C1CCOCC1. The normalized spacial score (nSPS) is 15.2. The number of amides is 1. The molecule has 0 saturated carbocycles. The Labute approximate surface area is 142 Å². The number of hydrogen-bond acceptors (Lipinski definition) is 6. The van der Waals surface area contributed by atoms with Crippen molar-refractivity contribution >= 4 is 22.8 Å². The Bertz CT molecular complexity index is 844. The van der Waals surface area contributed by atoms with Crippen LogP contribution < -0.4 is 5.56 Å². The van der Waals surface area contributed by atoms with E-state index in [2.05, 4.69) is 10.3 Å². The van der Waals surface area contributed by atoms with E-state index in [1.807, 2.05) is 0 Å². The molecular formula is C16H18N4O5. The number of carbonyl (C=O) groups excluding carboxylic acids is 1. The highest BCUT2D eigenvalue weighted by molar-refractivity contribution is 5.82. The van der Waals surface area contributed by atoms with Crippen molar-refractivity contribution in [2.45, 2.75) is 25.4 Å². The van der Waals surface area contributed by atoms with Gasteiger partial charge in [-0.05, 0) is 25.0 Å². The van der Waals surface area contributed by atoms with E-state index in [1.165, 1.54) is 4.90 Å². The largest absolute Gasteiger partial charge is 0.480 e. The third-order valence-electron chi connectivity index (χ3n) is 4.17. The summed E-state index contributed by atoms with van der Waals surface area (Å²) in [6.45, 7) is 0.189. The summed E-state index contributed by atoms with van der Waals surface area (Å²) in [5, 5.41) is 17.2. The zero-order chi connectivity index (χ0) is 17.8. The lowest BCUT2D eigenvalue weighted by atomic mass is 10.1. The van der Waals surface area contributed by atoms with Crippen molar-refractivity contribution in [1.82, 2.24) is 19.9 Å². The Morgan fingerprint density at radius 1 is 1.28 bits per heavy atom. The van der Waals surface area contributed by atoms with E-state index in [0.717, 1.165) is 4.68 Å². The number of ether oxygens (including phenoxy) is 1. The molecule has 0 aliphatic carbocycles. The Hall–Kier alpha value is -2.81. The monoisotopic (exact) mass is 346 g/mol. The van der Waals surface area contributed by atoms with Gasteiger partial charge in [0.25, 0.3) is 5.56 Å². The van der Waals surface area contributed by atoms with Crippen LogP contribution in [-0.4, -0.2) is 62.7 Å². The van der Waals surface area contributed by atoms with E-state index in [9.17, 15) is 14.4 Å². The summed E-state index contributed by atoms with van der Waals surface area (Å²) in [4.78, 5) is 37.5. The molecule has 9 nitrogen and oxygen atoms in total. The van der Waals surface area contributed by atoms with E-state index >= 15 is 0 Å². The van der Waals surface area contributed by atoms with Crippen LogP contribution in [0.1, 0.15) is 12.8 Å². The molecule has 0 atom stereocenters. The zero-order valence-electron chi connectivity index (χ0n) is 13.5. The lowest BCUT2D eigenvalue weighted by Crippen LogP contribution is -2.48. The van der Waals surface area contributed by atoms with Gasteiger partial charge in [-0.2, -0.15) is 0 Å². The van der Waals surface area contributed by atoms with E-state index in [4.69, 9.17) is 9.84 Å². The van der Waals surface area contributed by atoms with Crippen molar-refractivity contribution in [3.8, 4) is 0 Å². The molecule has 3 rings (SSSR count). The number of aliphatic carboxylic acids is 1. The Kier molecular flexibility index (Phi) is 5.03.